The molecule has 1 heterocycles. The van der Waals surface area contributed by atoms with Crippen molar-refractivity contribution >= 4 is 33.6 Å². The van der Waals surface area contributed by atoms with E-state index in [1.165, 1.54) is 0 Å². The molecule has 1 aromatic heterocycles. The molecule has 3 rings (SSSR count). The SMILES string of the molecule is CC(C)(C)OC(=O)NCCCCNc1c2ccccc2nc2ccccc12. The number of nitrogens with one attached hydrogen (secondary N) is 2. The van der Waals surface area contributed by atoms with E-state index in [1.54, 1.807) is 0 Å². The molecule has 0 spiro atoms. The number of hydrogen-bond acceptors (Lipinski definition) is 4. The van der Waals surface area contributed by atoms with E-state index in [9.17, 15) is 4.79 Å². The lowest BCUT2D eigenvalue weighted by atomic mass is 10.1. The number of benzene rings is 2. The van der Waals surface area contributed by atoms with Crippen LogP contribution in [0.1, 0.15) is 33.6 Å². The Morgan fingerprint density at radius 1 is 0.926 bits per heavy atom. The number of alkyl carbamates (subject to hydrolysis) is 1. The van der Waals surface area contributed by atoms with Crippen molar-refractivity contribution in [1.29, 1.82) is 0 Å². The van der Waals surface area contributed by atoms with Crippen molar-refractivity contribution in [3.05, 3.63) is 48.5 Å². The molecule has 142 valence electrons. The first kappa shape index (κ1) is 19.0. The van der Waals surface area contributed by atoms with Gasteiger partial charge in [0.15, 0.2) is 0 Å². The van der Waals surface area contributed by atoms with Crippen molar-refractivity contribution in [2.24, 2.45) is 0 Å². The number of fused-ring (bicyclic) bond motifs is 2. The van der Waals surface area contributed by atoms with Gasteiger partial charge in [0.1, 0.15) is 5.60 Å². The van der Waals surface area contributed by atoms with Gasteiger partial charge in [0.25, 0.3) is 0 Å². The van der Waals surface area contributed by atoms with Gasteiger partial charge in [-0.05, 0) is 45.7 Å². The van der Waals surface area contributed by atoms with Crippen LogP contribution in [0, 0.1) is 0 Å². The molecule has 2 aromatic carbocycles. The highest BCUT2D eigenvalue weighted by atomic mass is 16.6. The molecule has 3 aromatic rings. The molecule has 5 nitrogen and oxygen atoms in total. The number of para-hydroxylation sites is 2. The van der Waals surface area contributed by atoms with Gasteiger partial charge in [-0.1, -0.05) is 36.4 Å². The molecule has 0 aliphatic heterocycles. The lowest BCUT2D eigenvalue weighted by Crippen LogP contribution is -2.33. The fraction of sp³-hybridized carbons (Fsp3) is 0.364. The number of hydrogen-bond donors (Lipinski definition) is 2. The Bertz CT molecular complexity index is 878. The fourth-order valence-electron chi connectivity index (χ4n) is 3.00. The Kier molecular flexibility index (Phi) is 5.79. The lowest BCUT2D eigenvalue weighted by Gasteiger charge is -2.19. The molecule has 1 amide bonds. The van der Waals surface area contributed by atoms with Crippen LogP contribution in [-0.2, 0) is 4.74 Å². The van der Waals surface area contributed by atoms with Gasteiger partial charge in [-0.2, -0.15) is 0 Å². The van der Waals surface area contributed by atoms with Gasteiger partial charge < -0.3 is 15.4 Å². The molecule has 0 unspecified atom stereocenters. The summed E-state index contributed by atoms with van der Waals surface area (Å²) in [6.45, 7) is 7.02. The summed E-state index contributed by atoms with van der Waals surface area (Å²) in [5.41, 5.74) is 2.64. The van der Waals surface area contributed by atoms with Gasteiger partial charge in [0, 0.05) is 23.9 Å². The number of carbonyl (C=O) groups is 1. The highest BCUT2D eigenvalue weighted by Crippen LogP contribution is 2.30. The molecular formula is C22H27N3O2. The summed E-state index contributed by atoms with van der Waals surface area (Å²) in [6, 6.07) is 16.4. The highest BCUT2D eigenvalue weighted by molar-refractivity contribution is 6.07. The Hall–Kier alpha value is -2.82. The van der Waals surface area contributed by atoms with Gasteiger partial charge in [-0.25, -0.2) is 9.78 Å². The van der Waals surface area contributed by atoms with E-state index in [4.69, 9.17) is 9.72 Å². The second-order valence-corrected chi connectivity index (χ2v) is 7.58. The number of ether oxygens (including phenoxy) is 1. The quantitative estimate of drug-likeness (QED) is 0.471. The van der Waals surface area contributed by atoms with E-state index in [0.29, 0.717) is 6.54 Å². The third kappa shape index (κ3) is 5.09. The maximum Gasteiger partial charge on any atom is 0.407 e. The topological polar surface area (TPSA) is 63.2 Å². The fourth-order valence-corrected chi connectivity index (χ4v) is 3.00. The third-order valence-electron chi connectivity index (χ3n) is 4.16. The van der Waals surface area contributed by atoms with Gasteiger partial charge >= 0.3 is 6.09 Å². The first-order valence-corrected chi connectivity index (χ1v) is 9.42. The van der Waals surface area contributed by atoms with Crippen LogP contribution >= 0.6 is 0 Å². The summed E-state index contributed by atoms with van der Waals surface area (Å²) in [4.78, 5) is 16.4. The molecule has 0 fully saturated rings. The highest BCUT2D eigenvalue weighted by Gasteiger charge is 2.15. The average molecular weight is 365 g/mol. The average Bonchev–Trinajstić information content (AvgIpc) is 2.62. The summed E-state index contributed by atoms with van der Waals surface area (Å²) in [5, 5.41) is 8.63. The molecule has 0 aliphatic rings. The Balaban J connectivity index is 1.58. The predicted octanol–water partition coefficient (Wildman–Crippen LogP) is 5.10. The standard InChI is InChI=1S/C22H27N3O2/c1-22(2,3)27-21(26)24-15-9-8-14-23-20-16-10-4-6-12-18(16)25-19-13-7-5-11-17(19)20/h4-7,10-13H,8-9,14-15H2,1-3H3,(H,23,25)(H,24,26). The molecular weight excluding hydrogens is 338 g/mol. The number of amides is 1. The van der Waals surface area contributed by atoms with Gasteiger partial charge in [-0.3, -0.25) is 0 Å². The van der Waals surface area contributed by atoms with E-state index >= 15 is 0 Å². The zero-order valence-corrected chi connectivity index (χ0v) is 16.2. The summed E-state index contributed by atoms with van der Waals surface area (Å²) in [5.74, 6) is 0. The van der Waals surface area contributed by atoms with Crippen LogP contribution < -0.4 is 10.6 Å². The molecule has 0 aliphatic carbocycles. The van der Waals surface area contributed by atoms with Crippen molar-refractivity contribution in [1.82, 2.24) is 10.3 Å². The first-order valence-electron chi connectivity index (χ1n) is 9.42. The molecule has 0 radical (unpaired) electrons. The first-order chi connectivity index (χ1) is 12.9. The second-order valence-electron chi connectivity index (χ2n) is 7.58. The molecule has 0 atom stereocenters. The lowest BCUT2D eigenvalue weighted by molar-refractivity contribution is 0.0527. The van der Waals surface area contributed by atoms with E-state index in [-0.39, 0.29) is 6.09 Å². The van der Waals surface area contributed by atoms with E-state index < -0.39 is 5.60 Å². The van der Waals surface area contributed by atoms with Crippen LogP contribution in [0.4, 0.5) is 10.5 Å². The molecule has 27 heavy (non-hydrogen) atoms. The number of aromatic nitrogens is 1. The normalized spacial score (nSPS) is 11.5. The zero-order chi connectivity index (χ0) is 19.3. The number of pyridine rings is 1. The number of carbonyl (C=O) groups excluding carboxylic acids is 1. The maximum atomic E-state index is 11.6. The smallest absolute Gasteiger partial charge is 0.407 e. The summed E-state index contributed by atoms with van der Waals surface area (Å²) in [6.07, 6.45) is 1.47. The minimum atomic E-state index is -0.463. The van der Waals surface area contributed by atoms with Crippen molar-refractivity contribution in [2.75, 3.05) is 18.4 Å². The van der Waals surface area contributed by atoms with Gasteiger partial charge in [0.05, 0.1) is 16.7 Å². The van der Waals surface area contributed by atoms with Crippen LogP contribution in [0.2, 0.25) is 0 Å². The van der Waals surface area contributed by atoms with E-state index in [2.05, 4.69) is 22.8 Å². The molecule has 0 saturated carbocycles. The second kappa shape index (κ2) is 8.25. The zero-order valence-electron chi connectivity index (χ0n) is 16.2. The van der Waals surface area contributed by atoms with Crippen LogP contribution in [0.3, 0.4) is 0 Å². The van der Waals surface area contributed by atoms with E-state index in [1.807, 2.05) is 57.2 Å². The summed E-state index contributed by atoms with van der Waals surface area (Å²) >= 11 is 0. The van der Waals surface area contributed by atoms with Gasteiger partial charge in [-0.15, -0.1) is 0 Å². The number of rotatable bonds is 6. The largest absolute Gasteiger partial charge is 0.444 e. The minimum absolute atomic E-state index is 0.360. The summed E-state index contributed by atoms with van der Waals surface area (Å²) in [7, 11) is 0. The number of nitrogens with zero attached hydrogens (tertiary/aromatic N) is 1. The number of unbranched alkanes of at least 4 members (excludes halogenated alkanes) is 1. The van der Waals surface area contributed by atoms with Crippen LogP contribution in [-0.4, -0.2) is 29.8 Å². The molecule has 5 heteroatoms. The van der Waals surface area contributed by atoms with Crippen molar-refractivity contribution in [3.63, 3.8) is 0 Å². The molecule has 0 saturated heterocycles. The Labute approximate surface area is 160 Å². The van der Waals surface area contributed by atoms with E-state index in [0.717, 1.165) is 46.9 Å². The van der Waals surface area contributed by atoms with Crippen LogP contribution in [0.15, 0.2) is 48.5 Å². The van der Waals surface area contributed by atoms with Crippen molar-refractivity contribution in [2.45, 2.75) is 39.2 Å². The third-order valence-corrected chi connectivity index (χ3v) is 4.16. The Morgan fingerprint density at radius 2 is 1.48 bits per heavy atom. The minimum Gasteiger partial charge on any atom is -0.444 e. The van der Waals surface area contributed by atoms with Crippen LogP contribution in [0.5, 0.6) is 0 Å². The van der Waals surface area contributed by atoms with Crippen molar-refractivity contribution in [3.8, 4) is 0 Å². The predicted molar refractivity (Wildman–Crippen MR) is 111 cm³/mol. The summed E-state index contributed by atoms with van der Waals surface area (Å²) < 4.78 is 5.24. The number of anilines is 1. The Morgan fingerprint density at radius 3 is 2.07 bits per heavy atom. The molecule has 2 N–H and O–H groups in total. The van der Waals surface area contributed by atoms with Crippen molar-refractivity contribution < 1.29 is 9.53 Å². The molecule has 0 bridgehead atoms. The maximum absolute atomic E-state index is 11.6. The monoisotopic (exact) mass is 365 g/mol. The van der Waals surface area contributed by atoms with Gasteiger partial charge in [0.2, 0.25) is 0 Å². The van der Waals surface area contributed by atoms with Crippen LogP contribution in [0.25, 0.3) is 21.8 Å².